The third-order valence-corrected chi connectivity index (χ3v) is 7.77. The molecule has 8 nitrogen and oxygen atoms in total. The van der Waals surface area contributed by atoms with Gasteiger partial charge in [-0.2, -0.15) is 0 Å². The van der Waals surface area contributed by atoms with E-state index in [0.717, 1.165) is 12.8 Å². The van der Waals surface area contributed by atoms with Gasteiger partial charge in [0.15, 0.2) is 0 Å². The summed E-state index contributed by atoms with van der Waals surface area (Å²) in [5, 5.41) is 0.0460. The summed E-state index contributed by atoms with van der Waals surface area (Å²) in [6.45, 7) is 2.32. The number of carbonyl (C=O) groups is 2. The molecule has 2 fully saturated rings. The molecule has 33 heavy (non-hydrogen) atoms. The lowest BCUT2D eigenvalue weighted by Crippen LogP contribution is -2.50. The largest absolute Gasteiger partial charge is 0.377 e. The quantitative estimate of drug-likeness (QED) is 0.669. The fourth-order valence-corrected chi connectivity index (χ4v) is 5.58. The summed E-state index contributed by atoms with van der Waals surface area (Å²) in [5.74, 6) is -0.367. The van der Waals surface area contributed by atoms with Crippen molar-refractivity contribution >= 4 is 33.4 Å². The van der Waals surface area contributed by atoms with Gasteiger partial charge in [0.25, 0.3) is 11.8 Å². The molecule has 2 heterocycles. The van der Waals surface area contributed by atoms with Crippen molar-refractivity contribution in [3.05, 3.63) is 64.7 Å². The Morgan fingerprint density at radius 1 is 0.970 bits per heavy atom. The molecule has 2 saturated heterocycles. The van der Waals surface area contributed by atoms with Gasteiger partial charge in [-0.3, -0.25) is 9.59 Å². The van der Waals surface area contributed by atoms with Gasteiger partial charge in [0.1, 0.15) is 4.90 Å². The maximum Gasteiger partial charge on any atom is 0.254 e. The van der Waals surface area contributed by atoms with Crippen LogP contribution >= 0.6 is 11.6 Å². The van der Waals surface area contributed by atoms with Crippen LogP contribution in [0.4, 0.5) is 0 Å². The van der Waals surface area contributed by atoms with Gasteiger partial charge < -0.3 is 14.5 Å². The Balaban J connectivity index is 1.41. The summed E-state index contributed by atoms with van der Waals surface area (Å²) in [7, 11) is -3.90. The molecule has 176 valence electrons. The van der Waals surface area contributed by atoms with Crippen molar-refractivity contribution in [3.63, 3.8) is 0 Å². The number of carbonyl (C=O) groups excluding carboxylic acids is 2. The van der Waals surface area contributed by atoms with E-state index >= 15 is 0 Å². The lowest BCUT2D eigenvalue weighted by molar-refractivity contribution is 0.0535. The normalized spacial score (nSPS) is 19.0. The van der Waals surface area contributed by atoms with Crippen molar-refractivity contribution in [3.8, 4) is 0 Å². The van der Waals surface area contributed by atoms with E-state index in [2.05, 4.69) is 4.72 Å². The van der Waals surface area contributed by atoms with Crippen LogP contribution < -0.4 is 4.72 Å². The molecule has 2 aromatic rings. The van der Waals surface area contributed by atoms with Crippen molar-refractivity contribution in [2.75, 3.05) is 39.3 Å². The molecule has 2 aromatic carbocycles. The summed E-state index contributed by atoms with van der Waals surface area (Å²) in [5.41, 5.74) is 0.847. The van der Waals surface area contributed by atoms with Gasteiger partial charge in [0.2, 0.25) is 10.0 Å². The number of hydrogen-bond donors (Lipinski definition) is 1. The van der Waals surface area contributed by atoms with Crippen molar-refractivity contribution in [2.45, 2.75) is 23.8 Å². The number of amides is 2. The van der Waals surface area contributed by atoms with Crippen LogP contribution in [0.25, 0.3) is 0 Å². The summed E-state index contributed by atoms with van der Waals surface area (Å²) >= 11 is 6.16. The molecule has 10 heteroatoms. The van der Waals surface area contributed by atoms with Gasteiger partial charge in [-0.1, -0.05) is 29.8 Å². The number of halogens is 1. The highest BCUT2D eigenvalue weighted by molar-refractivity contribution is 7.89. The van der Waals surface area contributed by atoms with Crippen LogP contribution in [0.2, 0.25) is 5.02 Å². The Bertz CT molecular complexity index is 1110. The number of ether oxygens (including phenoxy) is 1. The first kappa shape index (κ1) is 23.7. The van der Waals surface area contributed by atoms with E-state index in [1.807, 2.05) is 18.2 Å². The van der Waals surface area contributed by atoms with Gasteiger partial charge in [-0.15, -0.1) is 0 Å². The SMILES string of the molecule is O=C(c1ccccc1)N1CCN(C(=O)c2ccc(Cl)c(S(=O)(=O)NC[C@H]3CCCO3)c2)CC1. The van der Waals surface area contributed by atoms with Crippen LogP contribution in [0.3, 0.4) is 0 Å². The monoisotopic (exact) mass is 491 g/mol. The Hall–Kier alpha value is -2.46. The highest BCUT2D eigenvalue weighted by Crippen LogP contribution is 2.24. The molecule has 4 rings (SSSR count). The first-order valence-electron chi connectivity index (χ1n) is 10.9. The second-order valence-electron chi connectivity index (χ2n) is 8.08. The van der Waals surface area contributed by atoms with Gasteiger partial charge in [-0.25, -0.2) is 13.1 Å². The summed E-state index contributed by atoms with van der Waals surface area (Å²) in [6, 6.07) is 13.3. The smallest absolute Gasteiger partial charge is 0.254 e. The zero-order chi connectivity index (χ0) is 23.4. The minimum atomic E-state index is -3.90. The lowest BCUT2D eigenvalue weighted by Gasteiger charge is -2.35. The van der Waals surface area contributed by atoms with E-state index in [0.29, 0.717) is 38.3 Å². The molecule has 0 unspecified atom stereocenters. The third-order valence-electron chi connectivity index (χ3n) is 5.87. The fourth-order valence-electron chi connectivity index (χ4n) is 3.99. The number of nitrogens with zero attached hydrogens (tertiary/aromatic N) is 2. The Kier molecular flexibility index (Phi) is 7.33. The number of sulfonamides is 1. The topological polar surface area (TPSA) is 96.0 Å². The van der Waals surface area contributed by atoms with Crippen LogP contribution in [0, 0.1) is 0 Å². The molecule has 0 aromatic heterocycles. The third kappa shape index (κ3) is 5.55. The Labute approximate surface area is 198 Å². The van der Waals surface area contributed by atoms with Crippen LogP contribution in [0.5, 0.6) is 0 Å². The van der Waals surface area contributed by atoms with Crippen LogP contribution in [-0.2, 0) is 14.8 Å². The maximum absolute atomic E-state index is 13.0. The molecule has 0 bridgehead atoms. The molecule has 2 aliphatic rings. The van der Waals surface area contributed by atoms with E-state index in [9.17, 15) is 18.0 Å². The van der Waals surface area contributed by atoms with Gasteiger partial charge in [0, 0.05) is 50.5 Å². The molecule has 0 radical (unpaired) electrons. The number of piperazine rings is 1. The summed E-state index contributed by atoms with van der Waals surface area (Å²) in [6.07, 6.45) is 1.55. The molecular weight excluding hydrogens is 466 g/mol. The predicted molar refractivity (Wildman–Crippen MR) is 124 cm³/mol. The molecule has 0 saturated carbocycles. The van der Waals surface area contributed by atoms with Crippen molar-refractivity contribution in [2.24, 2.45) is 0 Å². The van der Waals surface area contributed by atoms with Crippen LogP contribution in [0.1, 0.15) is 33.6 Å². The predicted octanol–water partition coefficient (Wildman–Crippen LogP) is 2.40. The molecular formula is C23H26ClN3O5S. The second-order valence-corrected chi connectivity index (χ2v) is 10.2. The van der Waals surface area contributed by atoms with E-state index in [1.54, 1.807) is 21.9 Å². The second kappa shape index (κ2) is 10.2. The molecule has 1 atom stereocenters. The average molecular weight is 492 g/mol. The minimum absolute atomic E-state index is 0.0460. The summed E-state index contributed by atoms with van der Waals surface area (Å²) < 4.78 is 33.6. The zero-order valence-electron chi connectivity index (χ0n) is 18.1. The average Bonchev–Trinajstić information content (AvgIpc) is 3.37. The summed E-state index contributed by atoms with van der Waals surface area (Å²) in [4.78, 5) is 28.9. The minimum Gasteiger partial charge on any atom is -0.377 e. The van der Waals surface area contributed by atoms with E-state index in [1.165, 1.54) is 18.2 Å². The number of rotatable bonds is 6. The molecule has 0 spiro atoms. The number of hydrogen-bond acceptors (Lipinski definition) is 5. The standard InChI is InChI=1S/C23H26ClN3O5S/c24-20-9-8-18(15-21(20)33(30,31)25-16-19-7-4-14-32-19)23(29)27-12-10-26(11-13-27)22(28)17-5-2-1-3-6-17/h1-3,5-6,8-9,15,19,25H,4,7,10-14,16H2/t19-/m1/s1. The Morgan fingerprint density at radius 3 is 2.21 bits per heavy atom. The maximum atomic E-state index is 13.0. The van der Waals surface area contributed by atoms with Gasteiger partial charge >= 0.3 is 0 Å². The lowest BCUT2D eigenvalue weighted by atomic mass is 10.1. The molecule has 2 amide bonds. The first-order valence-corrected chi connectivity index (χ1v) is 12.8. The zero-order valence-corrected chi connectivity index (χ0v) is 19.6. The van der Waals surface area contributed by atoms with Crippen molar-refractivity contribution in [1.29, 1.82) is 0 Å². The highest BCUT2D eigenvalue weighted by Gasteiger charge is 2.28. The van der Waals surface area contributed by atoms with Crippen molar-refractivity contribution in [1.82, 2.24) is 14.5 Å². The van der Waals surface area contributed by atoms with E-state index in [4.69, 9.17) is 16.3 Å². The Morgan fingerprint density at radius 2 is 1.61 bits per heavy atom. The molecule has 1 N–H and O–H groups in total. The van der Waals surface area contributed by atoms with E-state index < -0.39 is 10.0 Å². The van der Waals surface area contributed by atoms with Gasteiger partial charge in [-0.05, 0) is 43.2 Å². The fraction of sp³-hybridized carbons (Fsp3) is 0.391. The highest BCUT2D eigenvalue weighted by atomic mass is 35.5. The van der Waals surface area contributed by atoms with Crippen molar-refractivity contribution < 1.29 is 22.7 Å². The van der Waals surface area contributed by atoms with Crippen LogP contribution in [-0.4, -0.2) is 75.5 Å². The molecule has 0 aliphatic carbocycles. The van der Waals surface area contributed by atoms with Gasteiger partial charge in [0.05, 0.1) is 11.1 Å². The molecule has 2 aliphatic heterocycles. The number of nitrogens with one attached hydrogen (secondary N) is 1. The first-order chi connectivity index (χ1) is 15.8. The number of benzene rings is 2. The van der Waals surface area contributed by atoms with Crippen LogP contribution in [0.15, 0.2) is 53.4 Å². The van der Waals surface area contributed by atoms with E-state index in [-0.39, 0.29) is 39.9 Å².